The molecule has 0 N–H and O–H groups in total. The Labute approximate surface area is 145 Å². The highest BCUT2D eigenvalue weighted by Gasteiger charge is 2.11. The number of imidazole rings is 1. The molecule has 2 rings (SSSR count). The van der Waals surface area contributed by atoms with Crippen LogP contribution in [0.5, 0.6) is 0 Å². The van der Waals surface area contributed by atoms with Crippen LogP contribution in [-0.4, -0.2) is 10.5 Å². The molecule has 2 aromatic rings. The van der Waals surface area contributed by atoms with Crippen LogP contribution in [0.25, 0.3) is 0 Å². The first-order valence-electron chi connectivity index (χ1n) is 8.81. The quantitative estimate of drug-likeness (QED) is 0.699. The molecule has 0 bridgehead atoms. The summed E-state index contributed by atoms with van der Waals surface area (Å²) >= 11 is 0. The average Bonchev–Trinajstić information content (AvgIpc) is 2.99. The zero-order valence-corrected chi connectivity index (χ0v) is 15.1. The van der Waals surface area contributed by atoms with Crippen molar-refractivity contribution in [1.82, 2.24) is 4.57 Å². The van der Waals surface area contributed by atoms with Crippen molar-refractivity contribution in [2.45, 2.75) is 59.5 Å². The molecule has 0 aliphatic heterocycles. The van der Waals surface area contributed by atoms with Crippen LogP contribution >= 0.6 is 0 Å². The van der Waals surface area contributed by atoms with E-state index in [9.17, 15) is 0 Å². The van der Waals surface area contributed by atoms with Crippen LogP contribution in [-0.2, 0) is 17.9 Å². The number of rotatable bonds is 8. The SMILES string of the molecule is CC(=O)[O-].CCCCC(CC)Cn1cc[n+](Cc2ccccc2)c1. The van der Waals surface area contributed by atoms with E-state index in [1.165, 1.54) is 31.2 Å². The van der Waals surface area contributed by atoms with E-state index in [-0.39, 0.29) is 0 Å². The van der Waals surface area contributed by atoms with Crippen molar-refractivity contribution in [3.63, 3.8) is 0 Å². The molecule has 1 aromatic carbocycles. The highest BCUT2D eigenvalue weighted by molar-refractivity contribution is 5.60. The van der Waals surface area contributed by atoms with Crippen molar-refractivity contribution in [1.29, 1.82) is 0 Å². The molecule has 1 atom stereocenters. The third-order valence-electron chi connectivity index (χ3n) is 3.97. The second kappa shape index (κ2) is 11.4. The highest BCUT2D eigenvalue weighted by atomic mass is 16.4. The summed E-state index contributed by atoms with van der Waals surface area (Å²) < 4.78 is 4.61. The van der Waals surface area contributed by atoms with E-state index in [0.29, 0.717) is 0 Å². The van der Waals surface area contributed by atoms with Crippen LogP contribution in [0.3, 0.4) is 0 Å². The van der Waals surface area contributed by atoms with Gasteiger partial charge in [-0.1, -0.05) is 57.0 Å². The maximum atomic E-state index is 8.89. The lowest BCUT2D eigenvalue weighted by atomic mass is 9.99. The fourth-order valence-corrected chi connectivity index (χ4v) is 2.65. The maximum Gasteiger partial charge on any atom is 0.244 e. The number of benzene rings is 1. The molecule has 0 aliphatic rings. The van der Waals surface area contributed by atoms with E-state index < -0.39 is 5.97 Å². The molecule has 4 nitrogen and oxygen atoms in total. The number of carbonyl (C=O) groups excluding carboxylic acids is 1. The van der Waals surface area contributed by atoms with Crippen LogP contribution in [0.4, 0.5) is 0 Å². The third kappa shape index (κ3) is 8.51. The highest BCUT2D eigenvalue weighted by Crippen LogP contribution is 2.14. The molecule has 1 unspecified atom stereocenters. The topological polar surface area (TPSA) is 48.9 Å². The number of unbranched alkanes of at least 4 members (excludes halogenated alkanes) is 1. The minimum Gasteiger partial charge on any atom is -0.550 e. The lowest BCUT2D eigenvalue weighted by Crippen LogP contribution is -2.31. The van der Waals surface area contributed by atoms with Gasteiger partial charge in [0.05, 0.1) is 6.54 Å². The molecule has 0 spiro atoms. The molecule has 0 saturated carbocycles. The van der Waals surface area contributed by atoms with Gasteiger partial charge in [-0.05, 0) is 31.2 Å². The minimum absolute atomic E-state index is 0.813. The number of aliphatic carboxylic acids is 1. The Balaban J connectivity index is 0.000000648. The first kappa shape index (κ1) is 19.9. The maximum absolute atomic E-state index is 8.89. The van der Waals surface area contributed by atoms with E-state index in [1.807, 2.05) is 0 Å². The summed E-state index contributed by atoms with van der Waals surface area (Å²) in [5, 5.41) is 8.89. The van der Waals surface area contributed by atoms with Gasteiger partial charge in [0.15, 0.2) is 0 Å². The Bertz CT molecular complexity index is 574. The fourth-order valence-electron chi connectivity index (χ4n) is 2.65. The lowest BCUT2D eigenvalue weighted by Gasteiger charge is -2.11. The first-order chi connectivity index (χ1) is 11.5. The molecule has 0 saturated heterocycles. The molecule has 0 radical (unpaired) electrons. The van der Waals surface area contributed by atoms with Gasteiger partial charge in [0.1, 0.15) is 18.9 Å². The zero-order chi connectivity index (χ0) is 17.8. The van der Waals surface area contributed by atoms with Gasteiger partial charge in [0.25, 0.3) is 0 Å². The van der Waals surface area contributed by atoms with Gasteiger partial charge in [-0.15, -0.1) is 0 Å². The number of hydrogen-bond acceptors (Lipinski definition) is 2. The van der Waals surface area contributed by atoms with E-state index in [1.54, 1.807) is 0 Å². The summed E-state index contributed by atoms with van der Waals surface area (Å²) in [4.78, 5) is 8.89. The van der Waals surface area contributed by atoms with Gasteiger partial charge in [-0.25, -0.2) is 9.13 Å². The van der Waals surface area contributed by atoms with Crippen LogP contribution in [0.2, 0.25) is 0 Å². The van der Waals surface area contributed by atoms with E-state index in [2.05, 4.69) is 72.0 Å². The van der Waals surface area contributed by atoms with Gasteiger partial charge in [0, 0.05) is 5.97 Å². The van der Waals surface area contributed by atoms with Gasteiger partial charge in [0.2, 0.25) is 6.33 Å². The van der Waals surface area contributed by atoms with Crippen LogP contribution < -0.4 is 9.67 Å². The van der Waals surface area contributed by atoms with Crippen molar-refractivity contribution < 1.29 is 14.5 Å². The fraction of sp³-hybridized carbons (Fsp3) is 0.500. The summed E-state index contributed by atoms with van der Waals surface area (Å²) in [7, 11) is 0. The summed E-state index contributed by atoms with van der Waals surface area (Å²) in [5.74, 6) is -0.271. The zero-order valence-electron chi connectivity index (χ0n) is 15.1. The van der Waals surface area contributed by atoms with Gasteiger partial charge >= 0.3 is 0 Å². The van der Waals surface area contributed by atoms with Gasteiger partial charge < -0.3 is 9.90 Å². The van der Waals surface area contributed by atoms with E-state index in [0.717, 1.165) is 25.9 Å². The Morgan fingerprint density at radius 2 is 1.92 bits per heavy atom. The number of hydrogen-bond donors (Lipinski definition) is 0. The second-order valence-electron chi connectivity index (χ2n) is 6.18. The minimum atomic E-state index is -1.08. The van der Waals surface area contributed by atoms with Crippen LogP contribution in [0.15, 0.2) is 49.1 Å². The largest absolute Gasteiger partial charge is 0.550 e. The predicted octanol–water partition coefficient (Wildman–Crippen LogP) is 2.80. The summed E-state index contributed by atoms with van der Waals surface area (Å²) in [6, 6.07) is 10.6. The number of nitrogens with zero attached hydrogens (tertiary/aromatic N) is 2. The third-order valence-corrected chi connectivity index (χ3v) is 3.97. The molecule has 0 amide bonds. The van der Waals surface area contributed by atoms with Gasteiger partial charge in [-0.3, -0.25) is 0 Å². The Kier molecular flexibility index (Phi) is 9.51. The molecule has 132 valence electrons. The molecule has 1 aromatic heterocycles. The monoisotopic (exact) mass is 330 g/mol. The Morgan fingerprint density at radius 3 is 2.50 bits per heavy atom. The number of carboxylic acid groups (broad SMARTS) is 1. The lowest BCUT2D eigenvalue weighted by molar-refractivity contribution is -0.687. The molecule has 1 heterocycles. The van der Waals surface area contributed by atoms with Crippen molar-refractivity contribution in [2.75, 3.05) is 0 Å². The molecule has 24 heavy (non-hydrogen) atoms. The molecule has 0 aliphatic carbocycles. The molecular formula is C20H30N2O2. The standard InChI is InChI=1S/C18H27N2.C2H4O2/c1-3-5-9-17(4-2)14-19-12-13-20(16-19)15-18-10-7-6-8-11-18;1-2(3)4/h6-8,10-13,16-17H,3-5,9,14-15H2,1-2H3;1H3,(H,3,4)/q+1;/p-1. The van der Waals surface area contributed by atoms with E-state index >= 15 is 0 Å². The summed E-state index contributed by atoms with van der Waals surface area (Å²) in [5.41, 5.74) is 1.35. The summed E-state index contributed by atoms with van der Waals surface area (Å²) in [6.07, 6.45) is 11.9. The normalized spacial score (nSPS) is 11.5. The number of carbonyl (C=O) groups is 1. The van der Waals surface area contributed by atoms with Crippen LogP contribution in [0, 0.1) is 5.92 Å². The van der Waals surface area contributed by atoms with Crippen molar-refractivity contribution in [3.8, 4) is 0 Å². The Morgan fingerprint density at radius 1 is 1.25 bits per heavy atom. The van der Waals surface area contributed by atoms with E-state index in [4.69, 9.17) is 9.90 Å². The first-order valence-corrected chi connectivity index (χ1v) is 8.81. The molecular weight excluding hydrogens is 300 g/mol. The number of aromatic nitrogens is 2. The molecule has 0 fully saturated rings. The van der Waals surface area contributed by atoms with Crippen molar-refractivity contribution in [3.05, 3.63) is 54.6 Å². The smallest absolute Gasteiger partial charge is 0.244 e. The Hall–Kier alpha value is -2.10. The summed E-state index contributed by atoms with van der Waals surface area (Å²) in [6.45, 7) is 7.66. The van der Waals surface area contributed by atoms with Crippen molar-refractivity contribution >= 4 is 5.97 Å². The van der Waals surface area contributed by atoms with Crippen molar-refractivity contribution in [2.24, 2.45) is 5.92 Å². The predicted molar refractivity (Wildman–Crippen MR) is 94.2 cm³/mol. The molecule has 4 heteroatoms. The average molecular weight is 330 g/mol. The second-order valence-corrected chi connectivity index (χ2v) is 6.18. The van der Waals surface area contributed by atoms with Crippen LogP contribution in [0.1, 0.15) is 52.0 Å². The van der Waals surface area contributed by atoms with Gasteiger partial charge in [-0.2, -0.15) is 0 Å². The number of carboxylic acids is 1.